The third-order valence-electron chi connectivity index (χ3n) is 2.51. The molecule has 7 nitrogen and oxygen atoms in total. The monoisotopic (exact) mass is 303 g/mol. The van der Waals surface area contributed by atoms with Gasteiger partial charge >= 0.3 is 5.97 Å². The molecule has 0 aliphatic rings. The molecule has 116 valence electrons. The highest BCUT2D eigenvalue weighted by molar-refractivity contribution is 5.93. The number of carbonyl (C=O) groups is 2. The van der Waals surface area contributed by atoms with E-state index in [4.69, 9.17) is 14.7 Å². The molecule has 0 saturated heterocycles. The van der Waals surface area contributed by atoms with Gasteiger partial charge in [0, 0.05) is 18.8 Å². The Kier molecular flexibility index (Phi) is 6.44. The average molecular weight is 303 g/mol. The van der Waals surface area contributed by atoms with E-state index in [0.29, 0.717) is 17.1 Å². The zero-order chi connectivity index (χ0) is 16.5. The average Bonchev–Trinajstić information content (AvgIpc) is 2.48. The maximum absolute atomic E-state index is 11.5. The molecule has 0 aliphatic heterocycles. The predicted octanol–water partition coefficient (Wildman–Crippen LogP) is 2.04. The van der Waals surface area contributed by atoms with E-state index >= 15 is 0 Å². The molecule has 1 amide bonds. The number of anilines is 2. The lowest BCUT2D eigenvalue weighted by Gasteiger charge is -2.11. The Morgan fingerprint density at radius 2 is 2.14 bits per heavy atom. The zero-order valence-electron chi connectivity index (χ0n) is 12.6. The summed E-state index contributed by atoms with van der Waals surface area (Å²) < 4.78 is 9.93. The van der Waals surface area contributed by atoms with E-state index in [9.17, 15) is 9.59 Å². The van der Waals surface area contributed by atoms with Crippen molar-refractivity contribution >= 4 is 23.3 Å². The Morgan fingerprint density at radius 3 is 2.68 bits per heavy atom. The molecule has 7 heteroatoms. The largest absolute Gasteiger partial charge is 0.495 e. The van der Waals surface area contributed by atoms with Crippen LogP contribution in [0.25, 0.3) is 0 Å². The summed E-state index contributed by atoms with van der Waals surface area (Å²) in [5.74, 6) is -0.433. The fourth-order valence-corrected chi connectivity index (χ4v) is 1.60. The number of rotatable bonds is 6. The molecule has 0 atom stereocenters. The number of hydrogen-bond donors (Lipinski definition) is 2. The number of ether oxygens (including phenoxy) is 2. The molecular weight excluding hydrogens is 286 g/mol. The van der Waals surface area contributed by atoms with E-state index in [0.717, 1.165) is 0 Å². The van der Waals surface area contributed by atoms with Crippen molar-refractivity contribution in [3.05, 3.63) is 30.0 Å². The highest BCUT2D eigenvalue weighted by Crippen LogP contribution is 2.28. The summed E-state index contributed by atoms with van der Waals surface area (Å²) in [5, 5.41) is 14.4. The Balaban J connectivity index is 3.01. The lowest BCUT2D eigenvalue weighted by molar-refractivity contribution is -0.138. The van der Waals surface area contributed by atoms with Gasteiger partial charge in [-0.15, -0.1) is 0 Å². The molecule has 22 heavy (non-hydrogen) atoms. The summed E-state index contributed by atoms with van der Waals surface area (Å²) >= 11 is 0. The van der Waals surface area contributed by atoms with Crippen molar-refractivity contribution in [1.29, 1.82) is 5.26 Å². The van der Waals surface area contributed by atoms with Crippen molar-refractivity contribution in [2.45, 2.75) is 13.8 Å². The minimum Gasteiger partial charge on any atom is -0.495 e. The molecular formula is C15H17N3O4. The first-order chi connectivity index (χ1) is 10.5. The van der Waals surface area contributed by atoms with Crippen LogP contribution in [-0.2, 0) is 14.3 Å². The van der Waals surface area contributed by atoms with E-state index in [-0.39, 0.29) is 18.1 Å². The highest BCUT2D eigenvalue weighted by Gasteiger charge is 2.10. The molecule has 0 spiro atoms. The number of nitriles is 1. The Hall–Kier alpha value is -3.01. The van der Waals surface area contributed by atoms with Gasteiger partial charge in [-0.1, -0.05) is 0 Å². The second kappa shape index (κ2) is 8.32. The van der Waals surface area contributed by atoms with Gasteiger partial charge in [0.05, 0.1) is 19.4 Å². The SMILES string of the molecule is CCOC(=O)/C(C#N)=C/Nc1cc(NC(C)=O)ccc1OC. The normalized spacial score (nSPS) is 10.4. The Morgan fingerprint density at radius 1 is 1.41 bits per heavy atom. The third-order valence-corrected chi connectivity index (χ3v) is 2.51. The van der Waals surface area contributed by atoms with Crippen LogP contribution >= 0.6 is 0 Å². The smallest absolute Gasteiger partial charge is 0.350 e. The van der Waals surface area contributed by atoms with Gasteiger partial charge < -0.3 is 20.1 Å². The van der Waals surface area contributed by atoms with Crippen molar-refractivity contribution in [1.82, 2.24) is 0 Å². The minimum absolute atomic E-state index is 0.172. The van der Waals surface area contributed by atoms with Gasteiger partial charge in [-0.2, -0.15) is 5.26 Å². The highest BCUT2D eigenvalue weighted by atomic mass is 16.5. The number of benzene rings is 1. The molecule has 1 aromatic carbocycles. The molecule has 2 N–H and O–H groups in total. The van der Waals surface area contributed by atoms with Crippen LogP contribution in [0.15, 0.2) is 30.0 Å². The summed E-state index contributed by atoms with van der Waals surface area (Å²) in [6.45, 7) is 3.23. The summed E-state index contributed by atoms with van der Waals surface area (Å²) in [5.41, 5.74) is 0.874. The van der Waals surface area contributed by atoms with Crippen LogP contribution in [0, 0.1) is 11.3 Å². The van der Waals surface area contributed by atoms with Crippen molar-refractivity contribution in [2.75, 3.05) is 24.4 Å². The molecule has 1 aromatic rings. The van der Waals surface area contributed by atoms with Crippen LogP contribution in [-0.4, -0.2) is 25.6 Å². The summed E-state index contributed by atoms with van der Waals surface area (Å²) in [6, 6.07) is 6.70. The lowest BCUT2D eigenvalue weighted by atomic mass is 10.2. The number of methoxy groups -OCH3 is 1. The van der Waals surface area contributed by atoms with Crippen LogP contribution in [0.3, 0.4) is 0 Å². The van der Waals surface area contributed by atoms with E-state index in [1.807, 2.05) is 0 Å². The maximum atomic E-state index is 11.5. The number of hydrogen-bond acceptors (Lipinski definition) is 6. The van der Waals surface area contributed by atoms with Gasteiger partial charge in [0.25, 0.3) is 0 Å². The molecule has 1 rings (SSSR count). The maximum Gasteiger partial charge on any atom is 0.350 e. The standard InChI is InChI=1S/C15H17N3O4/c1-4-22-15(20)11(8-16)9-17-13-7-12(18-10(2)19)5-6-14(13)21-3/h5-7,9,17H,4H2,1-3H3,(H,18,19)/b11-9+. The van der Waals surface area contributed by atoms with E-state index in [2.05, 4.69) is 10.6 Å². The number of carbonyl (C=O) groups excluding carboxylic acids is 2. The number of nitrogens with one attached hydrogen (secondary N) is 2. The number of esters is 1. The van der Waals surface area contributed by atoms with Crippen molar-refractivity contribution in [3.63, 3.8) is 0 Å². The van der Waals surface area contributed by atoms with Crippen LogP contribution in [0.1, 0.15) is 13.8 Å². The van der Waals surface area contributed by atoms with Gasteiger partial charge in [0.2, 0.25) is 5.91 Å². The topological polar surface area (TPSA) is 100 Å². The van der Waals surface area contributed by atoms with Gasteiger partial charge in [-0.3, -0.25) is 4.79 Å². The van der Waals surface area contributed by atoms with Gasteiger partial charge in [0.1, 0.15) is 11.8 Å². The Labute approximate surface area is 128 Å². The Bertz CT molecular complexity index is 632. The summed E-state index contributed by atoms with van der Waals surface area (Å²) in [7, 11) is 1.48. The van der Waals surface area contributed by atoms with Crippen LogP contribution in [0.2, 0.25) is 0 Å². The number of nitrogens with zero attached hydrogens (tertiary/aromatic N) is 1. The third kappa shape index (κ3) is 4.83. The molecule has 0 aromatic heterocycles. The zero-order valence-corrected chi connectivity index (χ0v) is 12.6. The van der Waals surface area contributed by atoms with Gasteiger partial charge in [-0.05, 0) is 25.1 Å². The van der Waals surface area contributed by atoms with Gasteiger partial charge in [-0.25, -0.2) is 4.79 Å². The van der Waals surface area contributed by atoms with E-state index in [1.165, 1.54) is 20.2 Å². The minimum atomic E-state index is -0.713. The van der Waals surface area contributed by atoms with Crippen LogP contribution in [0.5, 0.6) is 5.75 Å². The van der Waals surface area contributed by atoms with Crippen LogP contribution in [0.4, 0.5) is 11.4 Å². The quantitative estimate of drug-likeness (QED) is 0.474. The van der Waals surface area contributed by atoms with Crippen molar-refractivity contribution in [3.8, 4) is 11.8 Å². The predicted molar refractivity (Wildman–Crippen MR) is 81.2 cm³/mol. The molecule has 0 saturated carbocycles. The van der Waals surface area contributed by atoms with Gasteiger partial charge in [0.15, 0.2) is 5.57 Å². The van der Waals surface area contributed by atoms with Crippen molar-refractivity contribution < 1.29 is 19.1 Å². The van der Waals surface area contributed by atoms with Crippen molar-refractivity contribution in [2.24, 2.45) is 0 Å². The number of amides is 1. The molecule has 0 unspecified atom stereocenters. The molecule has 0 bridgehead atoms. The lowest BCUT2D eigenvalue weighted by Crippen LogP contribution is -2.09. The van der Waals surface area contributed by atoms with E-state index in [1.54, 1.807) is 31.2 Å². The first-order valence-corrected chi connectivity index (χ1v) is 6.51. The molecule has 0 heterocycles. The summed E-state index contributed by atoms with van der Waals surface area (Å²) in [4.78, 5) is 22.6. The first kappa shape index (κ1) is 17.0. The fourth-order valence-electron chi connectivity index (χ4n) is 1.60. The van der Waals surface area contributed by atoms with E-state index < -0.39 is 5.97 Å². The second-order valence-corrected chi connectivity index (χ2v) is 4.13. The summed E-state index contributed by atoms with van der Waals surface area (Å²) in [6.07, 6.45) is 1.23. The molecule has 0 radical (unpaired) electrons. The molecule has 0 aliphatic carbocycles. The van der Waals surface area contributed by atoms with Crippen LogP contribution < -0.4 is 15.4 Å². The molecule has 0 fully saturated rings. The fraction of sp³-hybridized carbons (Fsp3) is 0.267. The first-order valence-electron chi connectivity index (χ1n) is 6.51. The second-order valence-electron chi connectivity index (χ2n) is 4.13.